The van der Waals surface area contributed by atoms with Crippen LogP contribution in [0.5, 0.6) is 0 Å². The van der Waals surface area contributed by atoms with E-state index >= 15 is 0 Å². The molecular weight excluding hydrogens is 264 g/mol. The van der Waals surface area contributed by atoms with Crippen LogP contribution in [0.3, 0.4) is 0 Å². The van der Waals surface area contributed by atoms with Gasteiger partial charge >= 0.3 is 5.97 Å². The molecule has 0 aliphatic heterocycles. The summed E-state index contributed by atoms with van der Waals surface area (Å²) in [5.41, 5.74) is 0.695. The number of hydrogen-bond acceptors (Lipinski definition) is 3. The number of esters is 1. The number of hydrogen-bond donors (Lipinski definition) is 1. The van der Waals surface area contributed by atoms with Gasteiger partial charge < -0.3 is 10.1 Å². The zero-order valence-electron chi connectivity index (χ0n) is 10.8. The lowest BCUT2D eigenvalue weighted by Crippen LogP contribution is -2.09. The summed E-state index contributed by atoms with van der Waals surface area (Å²) in [6, 6.07) is 10.3. The van der Waals surface area contributed by atoms with Crippen molar-refractivity contribution in [2.75, 3.05) is 12.4 Å². The van der Waals surface area contributed by atoms with Crippen LogP contribution in [0, 0.1) is 11.6 Å². The Morgan fingerprint density at radius 1 is 1.10 bits per heavy atom. The van der Waals surface area contributed by atoms with E-state index in [1.54, 1.807) is 24.3 Å². The summed E-state index contributed by atoms with van der Waals surface area (Å²) < 4.78 is 31.7. The first-order valence-electron chi connectivity index (χ1n) is 5.97. The molecule has 0 saturated carbocycles. The molecule has 3 nitrogen and oxygen atoms in total. The van der Waals surface area contributed by atoms with Crippen LogP contribution in [0.1, 0.15) is 15.9 Å². The Morgan fingerprint density at radius 2 is 1.75 bits per heavy atom. The molecule has 0 saturated heterocycles. The van der Waals surface area contributed by atoms with Gasteiger partial charge in [0.25, 0.3) is 0 Å². The van der Waals surface area contributed by atoms with Crippen LogP contribution in [0.4, 0.5) is 14.5 Å². The summed E-state index contributed by atoms with van der Waals surface area (Å²) in [6.45, 7) is -0.0630. The van der Waals surface area contributed by atoms with E-state index in [1.165, 1.54) is 25.3 Å². The fraction of sp³-hybridized carbons (Fsp3) is 0.133. The first-order chi connectivity index (χ1) is 9.63. The highest BCUT2D eigenvalue weighted by molar-refractivity contribution is 5.95. The number of benzene rings is 2. The van der Waals surface area contributed by atoms with Gasteiger partial charge in [-0.3, -0.25) is 0 Å². The Bertz CT molecular complexity index is 609. The third kappa shape index (κ3) is 2.93. The van der Waals surface area contributed by atoms with Crippen LogP contribution >= 0.6 is 0 Å². The van der Waals surface area contributed by atoms with Crippen molar-refractivity contribution in [3.05, 3.63) is 65.2 Å². The Balaban J connectivity index is 2.21. The quantitative estimate of drug-likeness (QED) is 0.871. The van der Waals surface area contributed by atoms with E-state index in [0.717, 1.165) is 0 Å². The SMILES string of the molecule is COC(=O)c1ccccc1NCc1c(F)cccc1F. The molecule has 5 heteroatoms. The lowest BCUT2D eigenvalue weighted by molar-refractivity contribution is 0.0602. The van der Waals surface area contributed by atoms with Crippen molar-refractivity contribution in [3.8, 4) is 0 Å². The third-order valence-corrected chi connectivity index (χ3v) is 2.85. The number of nitrogens with one attached hydrogen (secondary N) is 1. The van der Waals surface area contributed by atoms with Gasteiger partial charge in [0.2, 0.25) is 0 Å². The minimum Gasteiger partial charge on any atom is -0.465 e. The Hall–Kier alpha value is -2.43. The van der Waals surface area contributed by atoms with Crippen LogP contribution in [0.2, 0.25) is 0 Å². The van der Waals surface area contributed by atoms with Crippen molar-refractivity contribution in [2.45, 2.75) is 6.54 Å². The molecule has 0 amide bonds. The van der Waals surface area contributed by atoms with Crippen LogP contribution in [-0.4, -0.2) is 13.1 Å². The third-order valence-electron chi connectivity index (χ3n) is 2.85. The van der Waals surface area contributed by atoms with Gasteiger partial charge in [0.15, 0.2) is 0 Å². The van der Waals surface area contributed by atoms with Gasteiger partial charge in [-0.2, -0.15) is 0 Å². The number of halogens is 2. The number of carbonyl (C=O) groups excluding carboxylic acids is 1. The molecule has 0 aliphatic rings. The normalized spacial score (nSPS) is 10.2. The first-order valence-corrected chi connectivity index (χ1v) is 5.97. The zero-order valence-corrected chi connectivity index (χ0v) is 10.8. The van der Waals surface area contributed by atoms with E-state index in [-0.39, 0.29) is 12.1 Å². The van der Waals surface area contributed by atoms with Crippen molar-refractivity contribution in [3.63, 3.8) is 0 Å². The van der Waals surface area contributed by atoms with Crippen LogP contribution in [0.15, 0.2) is 42.5 Å². The van der Waals surface area contributed by atoms with Gasteiger partial charge in [-0.15, -0.1) is 0 Å². The molecule has 1 N–H and O–H groups in total. The lowest BCUT2D eigenvalue weighted by Gasteiger charge is -2.11. The largest absolute Gasteiger partial charge is 0.465 e. The molecule has 0 heterocycles. The molecule has 0 aliphatic carbocycles. The zero-order chi connectivity index (χ0) is 14.5. The maximum Gasteiger partial charge on any atom is 0.339 e. The summed E-state index contributed by atoms with van der Waals surface area (Å²) in [4.78, 5) is 11.6. The molecule has 0 radical (unpaired) electrons. The first kappa shape index (κ1) is 14.0. The molecule has 0 spiro atoms. The highest BCUT2D eigenvalue weighted by Gasteiger charge is 2.12. The number of carbonyl (C=O) groups is 1. The Kier molecular flexibility index (Phi) is 4.30. The molecule has 2 aromatic rings. The van der Waals surface area contributed by atoms with Crippen molar-refractivity contribution >= 4 is 11.7 Å². The van der Waals surface area contributed by atoms with E-state index in [9.17, 15) is 13.6 Å². The highest BCUT2D eigenvalue weighted by Crippen LogP contribution is 2.19. The highest BCUT2D eigenvalue weighted by atomic mass is 19.1. The summed E-state index contributed by atoms with van der Waals surface area (Å²) in [5.74, 6) is -1.77. The average molecular weight is 277 g/mol. The van der Waals surface area contributed by atoms with Crippen molar-refractivity contribution in [2.24, 2.45) is 0 Å². The lowest BCUT2D eigenvalue weighted by atomic mass is 10.1. The van der Waals surface area contributed by atoms with E-state index < -0.39 is 17.6 Å². The van der Waals surface area contributed by atoms with Gasteiger partial charge in [-0.1, -0.05) is 18.2 Å². The summed E-state index contributed by atoms with van der Waals surface area (Å²) in [6.07, 6.45) is 0. The molecule has 20 heavy (non-hydrogen) atoms. The monoisotopic (exact) mass is 277 g/mol. The molecule has 104 valence electrons. The standard InChI is InChI=1S/C15H13F2NO2/c1-20-15(19)10-5-2-3-8-14(10)18-9-11-12(16)6-4-7-13(11)17/h2-8,18H,9H2,1H3. The molecule has 0 atom stereocenters. The van der Waals surface area contributed by atoms with Gasteiger partial charge in [0.05, 0.1) is 12.7 Å². The Labute approximate surface area is 115 Å². The molecule has 0 bridgehead atoms. The Morgan fingerprint density at radius 3 is 2.40 bits per heavy atom. The fourth-order valence-electron chi connectivity index (χ4n) is 1.81. The maximum atomic E-state index is 13.5. The molecule has 2 aromatic carbocycles. The van der Waals surface area contributed by atoms with E-state index in [1.807, 2.05) is 0 Å². The van der Waals surface area contributed by atoms with Crippen molar-refractivity contribution < 1.29 is 18.3 Å². The second kappa shape index (κ2) is 6.14. The van der Waals surface area contributed by atoms with Gasteiger partial charge in [0.1, 0.15) is 11.6 Å². The minimum absolute atomic E-state index is 0.0630. The fourth-order valence-corrected chi connectivity index (χ4v) is 1.81. The molecular formula is C15H13F2NO2. The van der Waals surface area contributed by atoms with Crippen molar-refractivity contribution in [1.29, 1.82) is 0 Å². The number of ether oxygens (including phenoxy) is 1. The summed E-state index contributed by atoms with van der Waals surface area (Å²) in [5, 5.41) is 2.85. The number of rotatable bonds is 4. The molecule has 2 rings (SSSR count). The molecule has 0 aromatic heterocycles. The van der Waals surface area contributed by atoms with E-state index in [0.29, 0.717) is 11.3 Å². The molecule has 0 fully saturated rings. The predicted octanol–water partition coefficient (Wildman–Crippen LogP) is 3.36. The van der Waals surface area contributed by atoms with Gasteiger partial charge in [0, 0.05) is 17.8 Å². The van der Waals surface area contributed by atoms with Gasteiger partial charge in [-0.05, 0) is 24.3 Å². The number of para-hydroxylation sites is 1. The average Bonchev–Trinajstić information content (AvgIpc) is 2.46. The predicted molar refractivity (Wildman–Crippen MR) is 71.5 cm³/mol. The van der Waals surface area contributed by atoms with Crippen molar-refractivity contribution in [1.82, 2.24) is 0 Å². The van der Waals surface area contributed by atoms with E-state index in [2.05, 4.69) is 10.1 Å². The van der Waals surface area contributed by atoms with Crippen LogP contribution < -0.4 is 5.32 Å². The maximum absolute atomic E-state index is 13.5. The number of anilines is 1. The van der Waals surface area contributed by atoms with E-state index in [4.69, 9.17) is 0 Å². The topological polar surface area (TPSA) is 38.3 Å². The second-order valence-corrected chi connectivity index (χ2v) is 4.09. The minimum atomic E-state index is -0.631. The summed E-state index contributed by atoms with van der Waals surface area (Å²) in [7, 11) is 1.27. The second-order valence-electron chi connectivity index (χ2n) is 4.09. The summed E-state index contributed by atoms with van der Waals surface area (Å²) >= 11 is 0. The molecule has 0 unspecified atom stereocenters. The van der Waals surface area contributed by atoms with Crippen LogP contribution in [-0.2, 0) is 11.3 Å². The smallest absolute Gasteiger partial charge is 0.339 e. The number of methoxy groups -OCH3 is 1. The van der Waals surface area contributed by atoms with Gasteiger partial charge in [-0.25, -0.2) is 13.6 Å². The van der Waals surface area contributed by atoms with Crippen LogP contribution in [0.25, 0.3) is 0 Å².